The van der Waals surface area contributed by atoms with Gasteiger partial charge in [-0.1, -0.05) is 0 Å². The van der Waals surface area contributed by atoms with E-state index in [1.807, 2.05) is 0 Å². The van der Waals surface area contributed by atoms with Crippen LogP contribution in [-0.4, -0.2) is 89.8 Å². The molecule has 0 atom stereocenters. The van der Waals surface area contributed by atoms with E-state index in [0.29, 0.717) is 26.2 Å². The first-order chi connectivity index (χ1) is 8.49. The molecule has 0 heterocycles. The molecule has 0 unspecified atom stereocenters. The first-order valence-corrected chi connectivity index (χ1v) is 5.67. The van der Waals surface area contributed by atoms with E-state index in [1.54, 1.807) is 9.80 Å². The second-order valence-corrected chi connectivity index (χ2v) is 3.84. The van der Waals surface area contributed by atoms with E-state index >= 15 is 0 Å². The summed E-state index contributed by atoms with van der Waals surface area (Å²) >= 11 is 0. The van der Waals surface area contributed by atoms with E-state index < -0.39 is 11.9 Å². The summed E-state index contributed by atoms with van der Waals surface area (Å²) in [5, 5.41) is 17.4. The molecule has 0 saturated heterocycles. The fourth-order valence-electron chi connectivity index (χ4n) is 1.52. The SMILES string of the molecule is O.[Fe+4].[NH-]CCN(CCN(CC[NH-])CC(=O)O)CC(=O)O. The van der Waals surface area contributed by atoms with E-state index in [-0.39, 0.29) is 48.7 Å². The Morgan fingerprint density at radius 2 is 1.10 bits per heavy atom. The third-order valence-electron chi connectivity index (χ3n) is 2.31. The number of carboxylic acid groups (broad SMARTS) is 2. The van der Waals surface area contributed by atoms with Gasteiger partial charge in [0, 0.05) is 13.1 Å². The summed E-state index contributed by atoms with van der Waals surface area (Å²) in [7, 11) is 0. The summed E-state index contributed by atoms with van der Waals surface area (Å²) in [6, 6.07) is 0. The maximum absolute atomic E-state index is 10.6. The van der Waals surface area contributed by atoms with Gasteiger partial charge in [0.25, 0.3) is 0 Å². The topological polar surface area (TPSA) is 160 Å². The van der Waals surface area contributed by atoms with Gasteiger partial charge in [0.1, 0.15) is 0 Å². The van der Waals surface area contributed by atoms with Crippen LogP contribution in [0.2, 0.25) is 0 Å². The van der Waals surface area contributed by atoms with Crippen molar-refractivity contribution in [3.05, 3.63) is 11.5 Å². The number of nitrogens with zero attached hydrogens (tertiary/aromatic N) is 2. The quantitative estimate of drug-likeness (QED) is 0.462. The molecule has 118 valence electrons. The van der Waals surface area contributed by atoms with Gasteiger partial charge >= 0.3 is 29.0 Å². The average Bonchev–Trinajstić information content (AvgIpc) is 2.24. The van der Waals surface area contributed by atoms with Crippen molar-refractivity contribution < 1.29 is 42.3 Å². The van der Waals surface area contributed by atoms with E-state index in [9.17, 15) is 9.59 Å². The average molecular weight is 334 g/mol. The van der Waals surface area contributed by atoms with Gasteiger partial charge < -0.3 is 27.2 Å². The van der Waals surface area contributed by atoms with Crippen molar-refractivity contribution in [2.75, 3.05) is 52.4 Å². The Hall–Kier alpha value is -0.741. The number of rotatable bonds is 11. The van der Waals surface area contributed by atoms with Gasteiger partial charge in [-0.2, -0.15) is 0 Å². The van der Waals surface area contributed by atoms with Crippen LogP contribution < -0.4 is 0 Å². The Morgan fingerprint density at radius 1 is 0.800 bits per heavy atom. The summed E-state index contributed by atoms with van der Waals surface area (Å²) in [5.74, 6) is -1.93. The molecule has 6 N–H and O–H groups in total. The number of nitrogens with one attached hydrogen (secondary N) is 2. The van der Waals surface area contributed by atoms with E-state index in [4.69, 9.17) is 21.7 Å². The summed E-state index contributed by atoms with van der Waals surface area (Å²) < 4.78 is 0. The normalized spacial score (nSPS) is 10.0. The molecule has 0 spiro atoms. The van der Waals surface area contributed by atoms with Crippen molar-refractivity contribution in [2.45, 2.75) is 0 Å². The van der Waals surface area contributed by atoms with Crippen LogP contribution in [0.3, 0.4) is 0 Å². The van der Waals surface area contributed by atoms with Gasteiger partial charge in [0.05, 0.1) is 13.1 Å². The van der Waals surface area contributed by atoms with Crippen LogP contribution in [0.15, 0.2) is 0 Å². The van der Waals surface area contributed by atoms with Crippen molar-refractivity contribution in [2.24, 2.45) is 0 Å². The first-order valence-electron chi connectivity index (χ1n) is 5.67. The fraction of sp³-hybridized carbons (Fsp3) is 0.800. The predicted molar refractivity (Wildman–Crippen MR) is 70.1 cm³/mol. The number of carboxylic acids is 2. The number of aliphatic carboxylic acids is 2. The molecule has 0 fully saturated rings. The molecule has 0 aliphatic carbocycles. The van der Waals surface area contributed by atoms with Crippen LogP contribution in [0, 0.1) is 0 Å². The molecule has 0 saturated carbocycles. The Kier molecular flexibility index (Phi) is 17.8. The van der Waals surface area contributed by atoms with Crippen molar-refractivity contribution in [1.29, 1.82) is 0 Å². The summed E-state index contributed by atoms with van der Waals surface area (Å²) in [6.45, 7) is 1.36. The van der Waals surface area contributed by atoms with Crippen LogP contribution in [0.1, 0.15) is 0 Å². The molecule has 0 radical (unpaired) electrons. The predicted octanol–water partition coefficient (Wildman–Crippen LogP) is -0.963. The zero-order chi connectivity index (χ0) is 14.0. The molecule has 0 bridgehead atoms. The second-order valence-electron chi connectivity index (χ2n) is 3.84. The fourth-order valence-corrected chi connectivity index (χ4v) is 1.52. The summed E-state index contributed by atoms with van der Waals surface area (Å²) in [6.07, 6.45) is 0. The Morgan fingerprint density at radius 3 is 1.30 bits per heavy atom. The Bertz CT molecular complexity index is 244. The van der Waals surface area contributed by atoms with Crippen molar-refractivity contribution >= 4 is 11.9 Å². The molecule has 9 nitrogen and oxygen atoms in total. The minimum absolute atomic E-state index is 0. The molecular formula is C10H22FeN4O5+2. The van der Waals surface area contributed by atoms with Crippen molar-refractivity contribution in [1.82, 2.24) is 9.80 Å². The van der Waals surface area contributed by atoms with Gasteiger partial charge in [-0.15, -0.1) is 13.1 Å². The molecule has 10 heteroatoms. The molecule has 20 heavy (non-hydrogen) atoms. The third-order valence-corrected chi connectivity index (χ3v) is 2.31. The molecule has 0 aromatic carbocycles. The van der Waals surface area contributed by atoms with Crippen LogP contribution in [0.4, 0.5) is 0 Å². The zero-order valence-corrected chi connectivity index (χ0v) is 12.2. The largest absolute Gasteiger partial charge is 4.00 e. The summed E-state index contributed by atoms with van der Waals surface area (Å²) in [5.41, 5.74) is 14.2. The Labute approximate surface area is 128 Å². The van der Waals surface area contributed by atoms with Crippen LogP contribution in [0.25, 0.3) is 11.5 Å². The van der Waals surface area contributed by atoms with Gasteiger partial charge in [-0.3, -0.25) is 19.4 Å². The van der Waals surface area contributed by atoms with Crippen molar-refractivity contribution in [3.63, 3.8) is 0 Å². The second kappa shape index (κ2) is 14.7. The molecule has 0 amide bonds. The van der Waals surface area contributed by atoms with Crippen LogP contribution in [-0.2, 0) is 26.7 Å². The minimum Gasteiger partial charge on any atom is -0.676 e. The molecule has 0 aliphatic heterocycles. The van der Waals surface area contributed by atoms with Crippen LogP contribution >= 0.6 is 0 Å². The monoisotopic (exact) mass is 334 g/mol. The standard InChI is InChI=1S/C10H20N4O4.Fe.H2O/c11-1-3-13(7-9(15)16)5-6-14(4-2-12)8-10(17)18;;/h11-12H,1-8H2,(H,15,16)(H,17,18);;1H2/q-2;+4;. The van der Waals surface area contributed by atoms with Gasteiger partial charge in [0.2, 0.25) is 0 Å². The third kappa shape index (κ3) is 13.7. The van der Waals surface area contributed by atoms with Gasteiger partial charge in [-0.05, 0) is 13.1 Å². The van der Waals surface area contributed by atoms with Gasteiger partial charge in [-0.25, -0.2) is 0 Å². The minimum atomic E-state index is -0.964. The zero-order valence-electron chi connectivity index (χ0n) is 11.1. The maximum atomic E-state index is 10.6. The molecule has 0 aliphatic rings. The Balaban J connectivity index is -0.00000144. The van der Waals surface area contributed by atoms with Crippen molar-refractivity contribution in [3.8, 4) is 0 Å². The maximum Gasteiger partial charge on any atom is 4.00 e. The summed E-state index contributed by atoms with van der Waals surface area (Å²) in [4.78, 5) is 24.4. The number of carbonyl (C=O) groups is 2. The smallest absolute Gasteiger partial charge is 0.676 e. The van der Waals surface area contributed by atoms with E-state index in [2.05, 4.69) is 0 Å². The van der Waals surface area contributed by atoms with Crippen LogP contribution in [0.5, 0.6) is 0 Å². The van der Waals surface area contributed by atoms with Gasteiger partial charge in [0.15, 0.2) is 0 Å². The molecule has 0 aromatic rings. The number of hydrogen-bond donors (Lipinski definition) is 2. The number of hydrogen-bond acceptors (Lipinski definition) is 4. The molecule has 0 aromatic heterocycles. The molecule has 0 rings (SSSR count). The first kappa shape index (κ1) is 24.3. The molecular weight excluding hydrogens is 312 g/mol. The van der Waals surface area contributed by atoms with E-state index in [1.165, 1.54) is 0 Å². The van der Waals surface area contributed by atoms with E-state index in [0.717, 1.165) is 0 Å².